The molecule has 0 spiro atoms. The standard InChI is InChI=1S/C6H11NO.C2H6/c1-5-3-4-7(2)6(5)8;1-2/h5H,3-4H2,1-2H3;1-2H3. The Morgan fingerprint density at radius 3 is 2.10 bits per heavy atom. The van der Waals surface area contributed by atoms with Crippen LogP contribution in [0.4, 0.5) is 0 Å². The number of nitrogens with zero attached hydrogens (tertiary/aromatic N) is 1. The number of likely N-dealkylation sites (tertiary alicyclic amines) is 1. The zero-order valence-corrected chi connectivity index (χ0v) is 7.35. The van der Waals surface area contributed by atoms with Crippen molar-refractivity contribution in [2.75, 3.05) is 13.6 Å². The van der Waals surface area contributed by atoms with E-state index in [9.17, 15) is 4.79 Å². The van der Waals surface area contributed by atoms with Crippen LogP contribution >= 0.6 is 0 Å². The average molecular weight is 143 g/mol. The van der Waals surface area contributed by atoms with Crippen molar-refractivity contribution in [2.45, 2.75) is 27.2 Å². The second kappa shape index (κ2) is 4.31. The van der Waals surface area contributed by atoms with E-state index in [1.54, 1.807) is 4.90 Å². The van der Waals surface area contributed by atoms with E-state index in [4.69, 9.17) is 0 Å². The molecule has 2 nitrogen and oxygen atoms in total. The van der Waals surface area contributed by atoms with E-state index in [1.165, 1.54) is 0 Å². The fraction of sp³-hybridized carbons (Fsp3) is 0.875. The molecule has 0 saturated carbocycles. The van der Waals surface area contributed by atoms with Crippen LogP contribution in [0.5, 0.6) is 0 Å². The molecule has 0 N–H and O–H groups in total. The minimum atomic E-state index is 0.278. The van der Waals surface area contributed by atoms with Crippen molar-refractivity contribution in [3.8, 4) is 0 Å². The summed E-state index contributed by atoms with van der Waals surface area (Å²) in [4.78, 5) is 12.6. The van der Waals surface area contributed by atoms with Gasteiger partial charge in [-0.2, -0.15) is 0 Å². The lowest BCUT2D eigenvalue weighted by Crippen LogP contribution is -2.21. The molecule has 0 aromatic rings. The summed E-state index contributed by atoms with van der Waals surface area (Å²) in [6, 6.07) is 0. The zero-order valence-electron chi connectivity index (χ0n) is 7.35. The number of rotatable bonds is 0. The van der Waals surface area contributed by atoms with Crippen LogP contribution in [0.2, 0.25) is 0 Å². The monoisotopic (exact) mass is 143 g/mol. The maximum atomic E-state index is 10.8. The lowest BCUT2D eigenvalue weighted by molar-refractivity contribution is -0.129. The van der Waals surface area contributed by atoms with Crippen molar-refractivity contribution < 1.29 is 4.79 Å². The molecule has 1 rings (SSSR count). The molecule has 1 heterocycles. The number of amides is 1. The predicted octanol–water partition coefficient (Wildman–Crippen LogP) is 1.51. The number of hydrogen-bond acceptors (Lipinski definition) is 1. The highest BCUT2D eigenvalue weighted by atomic mass is 16.2. The van der Waals surface area contributed by atoms with Gasteiger partial charge in [0, 0.05) is 19.5 Å². The Bertz CT molecular complexity index is 99.8. The first-order chi connectivity index (χ1) is 4.72. The second-order valence-corrected chi connectivity index (χ2v) is 2.45. The average Bonchev–Trinajstić information content (AvgIpc) is 2.25. The van der Waals surface area contributed by atoms with E-state index in [-0.39, 0.29) is 5.92 Å². The summed E-state index contributed by atoms with van der Waals surface area (Å²) >= 11 is 0. The van der Waals surface area contributed by atoms with Crippen molar-refractivity contribution in [3.63, 3.8) is 0 Å². The highest BCUT2D eigenvalue weighted by Gasteiger charge is 2.23. The molecule has 0 bridgehead atoms. The topological polar surface area (TPSA) is 20.3 Å². The van der Waals surface area contributed by atoms with Crippen LogP contribution in [0, 0.1) is 5.92 Å². The molecule has 1 saturated heterocycles. The SMILES string of the molecule is CC.CC1CCN(C)C1=O. The summed E-state index contributed by atoms with van der Waals surface area (Å²) in [6.45, 7) is 6.92. The van der Waals surface area contributed by atoms with Crippen LogP contribution in [0.1, 0.15) is 27.2 Å². The van der Waals surface area contributed by atoms with Crippen LogP contribution in [0.25, 0.3) is 0 Å². The first-order valence-electron chi connectivity index (χ1n) is 3.97. The summed E-state index contributed by atoms with van der Waals surface area (Å²) in [5.41, 5.74) is 0. The lowest BCUT2D eigenvalue weighted by Gasteiger charge is -2.05. The largest absolute Gasteiger partial charge is 0.346 e. The molecule has 2 heteroatoms. The molecular weight excluding hydrogens is 126 g/mol. The zero-order chi connectivity index (χ0) is 8.15. The molecule has 1 unspecified atom stereocenters. The van der Waals surface area contributed by atoms with E-state index in [1.807, 2.05) is 27.8 Å². The van der Waals surface area contributed by atoms with Gasteiger partial charge in [-0.1, -0.05) is 20.8 Å². The Balaban J connectivity index is 0.000000371. The van der Waals surface area contributed by atoms with E-state index >= 15 is 0 Å². The van der Waals surface area contributed by atoms with Gasteiger partial charge in [0.1, 0.15) is 0 Å². The van der Waals surface area contributed by atoms with Gasteiger partial charge in [0.2, 0.25) is 5.91 Å². The smallest absolute Gasteiger partial charge is 0.225 e. The Kier molecular flexibility index (Phi) is 4.08. The highest BCUT2D eigenvalue weighted by Crippen LogP contribution is 2.13. The Labute approximate surface area is 63.2 Å². The van der Waals surface area contributed by atoms with Crippen LogP contribution in [-0.4, -0.2) is 24.4 Å². The molecule has 1 amide bonds. The molecule has 1 aliphatic rings. The van der Waals surface area contributed by atoms with Crippen molar-refractivity contribution in [2.24, 2.45) is 5.92 Å². The van der Waals surface area contributed by atoms with Gasteiger partial charge in [-0.15, -0.1) is 0 Å². The lowest BCUT2D eigenvalue weighted by atomic mass is 10.1. The quantitative estimate of drug-likeness (QED) is 0.503. The summed E-state index contributed by atoms with van der Waals surface area (Å²) in [7, 11) is 1.85. The third-order valence-corrected chi connectivity index (χ3v) is 1.70. The summed E-state index contributed by atoms with van der Waals surface area (Å²) in [5, 5.41) is 0. The molecule has 1 aliphatic heterocycles. The van der Waals surface area contributed by atoms with Crippen molar-refractivity contribution in [1.82, 2.24) is 4.90 Å². The molecule has 60 valence electrons. The van der Waals surface area contributed by atoms with Gasteiger partial charge in [-0.3, -0.25) is 4.79 Å². The van der Waals surface area contributed by atoms with Crippen LogP contribution in [-0.2, 0) is 4.79 Å². The fourth-order valence-electron chi connectivity index (χ4n) is 0.997. The van der Waals surface area contributed by atoms with Gasteiger partial charge < -0.3 is 4.90 Å². The maximum Gasteiger partial charge on any atom is 0.225 e. The Hall–Kier alpha value is -0.530. The number of carbonyl (C=O) groups excluding carboxylic acids is 1. The summed E-state index contributed by atoms with van der Waals surface area (Å²) < 4.78 is 0. The van der Waals surface area contributed by atoms with Crippen molar-refractivity contribution >= 4 is 5.91 Å². The second-order valence-electron chi connectivity index (χ2n) is 2.45. The number of hydrogen-bond donors (Lipinski definition) is 0. The van der Waals surface area contributed by atoms with Crippen LogP contribution < -0.4 is 0 Å². The third kappa shape index (κ3) is 2.01. The van der Waals surface area contributed by atoms with Crippen molar-refractivity contribution in [1.29, 1.82) is 0 Å². The van der Waals surface area contributed by atoms with Crippen LogP contribution in [0.3, 0.4) is 0 Å². The van der Waals surface area contributed by atoms with E-state index in [2.05, 4.69) is 0 Å². The van der Waals surface area contributed by atoms with Crippen LogP contribution in [0.15, 0.2) is 0 Å². The molecule has 10 heavy (non-hydrogen) atoms. The Morgan fingerprint density at radius 1 is 1.50 bits per heavy atom. The van der Waals surface area contributed by atoms with Gasteiger partial charge in [0.05, 0.1) is 0 Å². The van der Waals surface area contributed by atoms with E-state index in [0.29, 0.717) is 5.91 Å². The summed E-state index contributed by atoms with van der Waals surface area (Å²) in [6.07, 6.45) is 1.04. The minimum Gasteiger partial charge on any atom is -0.346 e. The predicted molar refractivity (Wildman–Crippen MR) is 42.8 cm³/mol. The summed E-state index contributed by atoms with van der Waals surface area (Å²) in [5.74, 6) is 0.574. The van der Waals surface area contributed by atoms with Gasteiger partial charge in [-0.25, -0.2) is 0 Å². The number of carbonyl (C=O) groups is 1. The molecule has 0 aromatic heterocycles. The molecule has 1 atom stereocenters. The molecule has 1 fully saturated rings. The van der Waals surface area contributed by atoms with E-state index < -0.39 is 0 Å². The molecule has 0 aliphatic carbocycles. The van der Waals surface area contributed by atoms with Gasteiger partial charge >= 0.3 is 0 Å². The van der Waals surface area contributed by atoms with Crippen molar-refractivity contribution in [3.05, 3.63) is 0 Å². The minimum absolute atomic E-state index is 0.278. The van der Waals surface area contributed by atoms with E-state index in [0.717, 1.165) is 13.0 Å². The fourth-order valence-corrected chi connectivity index (χ4v) is 0.997. The van der Waals surface area contributed by atoms with Gasteiger partial charge in [0.15, 0.2) is 0 Å². The highest BCUT2D eigenvalue weighted by molar-refractivity contribution is 5.80. The Morgan fingerprint density at radius 2 is 2.00 bits per heavy atom. The molecular formula is C8H17NO. The normalized spacial score (nSPS) is 24.2. The first kappa shape index (κ1) is 9.47. The first-order valence-corrected chi connectivity index (χ1v) is 3.97. The third-order valence-electron chi connectivity index (χ3n) is 1.70. The molecule has 0 aromatic carbocycles. The van der Waals surface area contributed by atoms with Gasteiger partial charge in [0.25, 0.3) is 0 Å². The molecule has 0 radical (unpaired) electrons. The van der Waals surface area contributed by atoms with Gasteiger partial charge in [-0.05, 0) is 6.42 Å². The maximum absolute atomic E-state index is 10.8.